The van der Waals surface area contributed by atoms with Crippen molar-refractivity contribution in [2.24, 2.45) is 0 Å². The lowest BCUT2D eigenvalue weighted by Gasteiger charge is -2.16. The zero-order chi connectivity index (χ0) is 17.5. The number of nitrogens with two attached hydrogens (primary N) is 1. The molecule has 2 aromatic heterocycles. The SMILES string of the molecule is CCc1c(F)c(OC)nc2nc(C(F)(F)F)c(C(=O)O)c(N)c12. The number of ether oxygens (including phenoxy) is 1. The van der Waals surface area contributed by atoms with E-state index in [2.05, 4.69) is 14.7 Å². The number of carboxylic acids is 1. The molecule has 0 unspecified atom stereocenters. The van der Waals surface area contributed by atoms with Crippen molar-refractivity contribution >= 4 is 22.7 Å². The Hall–Kier alpha value is -2.65. The van der Waals surface area contributed by atoms with Crippen molar-refractivity contribution in [3.63, 3.8) is 0 Å². The lowest BCUT2D eigenvalue weighted by molar-refractivity contribution is -0.141. The van der Waals surface area contributed by atoms with E-state index < -0.39 is 46.4 Å². The second kappa shape index (κ2) is 5.52. The summed E-state index contributed by atoms with van der Waals surface area (Å²) in [4.78, 5) is 18.0. The number of halogens is 4. The summed E-state index contributed by atoms with van der Waals surface area (Å²) in [6.45, 7) is 1.52. The molecule has 0 amide bonds. The number of nitrogen functional groups attached to an aromatic ring is 1. The van der Waals surface area contributed by atoms with Gasteiger partial charge in [0.15, 0.2) is 17.2 Å². The molecule has 10 heteroatoms. The number of hydrogen-bond donors (Lipinski definition) is 2. The van der Waals surface area contributed by atoms with Crippen molar-refractivity contribution in [2.45, 2.75) is 19.5 Å². The van der Waals surface area contributed by atoms with Gasteiger partial charge in [0, 0.05) is 10.9 Å². The molecule has 0 atom stereocenters. The Bertz CT molecular complexity index is 806. The Kier molecular flexibility index (Phi) is 4.01. The average molecular weight is 333 g/mol. The van der Waals surface area contributed by atoms with Gasteiger partial charge in [0.2, 0.25) is 0 Å². The number of carbonyl (C=O) groups is 1. The summed E-state index contributed by atoms with van der Waals surface area (Å²) in [7, 11) is 1.09. The van der Waals surface area contributed by atoms with Crippen molar-refractivity contribution in [1.82, 2.24) is 9.97 Å². The number of fused-ring (bicyclic) bond motifs is 1. The second-order valence-electron chi connectivity index (χ2n) is 4.52. The molecule has 0 aliphatic rings. The smallest absolute Gasteiger partial charge is 0.434 e. The first-order chi connectivity index (χ1) is 10.6. The van der Waals surface area contributed by atoms with Gasteiger partial charge in [0.1, 0.15) is 5.56 Å². The molecule has 2 heterocycles. The molecule has 0 bridgehead atoms. The topological polar surface area (TPSA) is 98.3 Å². The molecule has 0 spiro atoms. The van der Waals surface area contributed by atoms with Crippen LogP contribution >= 0.6 is 0 Å². The van der Waals surface area contributed by atoms with Crippen LogP contribution in [0.5, 0.6) is 5.88 Å². The average Bonchev–Trinajstić information content (AvgIpc) is 2.45. The maximum absolute atomic E-state index is 14.2. The minimum absolute atomic E-state index is 0.0253. The predicted octanol–water partition coefficient (Wildman–Crippen LogP) is 2.64. The van der Waals surface area contributed by atoms with E-state index in [1.54, 1.807) is 0 Å². The summed E-state index contributed by atoms with van der Waals surface area (Å²) >= 11 is 0. The monoisotopic (exact) mass is 333 g/mol. The van der Waals surface area contributed by atoms with Crippen molar-refractivity contribution < 1.29 is 32.2 Å². The first-order valence-corrected chi connectivity index (χ1v) is 6.29. The maximum Gasteiger partial charge on any atom is 0.434 e. The lowest BCUT2D eigenvalue weighted by Crippen LogP contribution is -2.19. The van der Waals surface area contributed by atoms with Gasteiger partial charge in [0.05, 0.1) is 12.8 Å². The molecule has 0 aliphatic heterocycles. The van der Waals surface area contributed by atoms with Crippen LogP contribution in [0.2, 0.25) is 0 Å². The minimum atomic E-state index is -5.06. The van der Waals surface area contributed by atoms with E-state index in [0.717, 1.165) is 7.11 Å². The van der Waals surface area contributed by atoms with Gasteiger partial charge in [-0.15, -0.1) is 0 Å². The largest absolute Gasteiger partial charge is 0.479 e. The highest BCUT2D eigenvalue weighted by Crippen LogP contribution is 2.38. The van der Waals surface area contributed by atoms with Crippen molar-refractivity contribution in [3.8, 4) is 5.88 Å². The van der Waals surface area contributed by atoms with E-state index in [-0.39, 0.29) is 17.4 Å². The van der Waals surface area contributed by atoms with Crippen LogP contribution in [-0.4, -0.2) is 28.2 Å². The first kappa shape index (κ1) is 16.7. The molecule has 3 N–H and O–H groups in total. The highest BCUT2D eigenvalue weighted by Gasteiger charge is 2.40. The third-order valence-electron chi connectivity index (χ3n) is 3.21. The molecule has 23 heavy (non-hydrogen) atoms. The van der Waals surface area contributed by atoms with Crippen LogP contribution in [0.25, 0.3) is 11.0 Å². The highest BCUT2D eigenvalue weighted by atomic mass is 19.4. The van der Waals surface area contributed by atoms with E-state index in [1.807, 2.05) is 0 Å². The molecular weight excluding hydrogens is 322 g/mol. The summed E-state index contributed by atoms with van der Waals surface area (Å²) in [6.07, 6.45) is -5.04. The Labute approximate surface area is 126 Å². The van der Waals surface area contributed by atoms with Crippen molar-refractivity contribution in [2.75, 3.05) is 12.8 Å². The molecule has 2 rings (SSSR count). The normalized spacial score (nSPS) is 11.7. The number of anilines is 1. The van der Waals surface area contributed by atoms with Gasteiger partial charge in [-0.2, -0.15) is 18.2 Å². The van der Waals surface area contributed by atoms with Gasteiger partial charge >= 0.3 is 12.1 Å². The first-order valence-electron chi connectivity index (χ1n) is 6.29. The van der Waals surface area contributed by atoms with Gasteiger partial charge < -0.3 is 15.6 Å². The Morgan fingerprint density at radius 2 is 1.96 bits per heavy atom. The van der Waals surface area contributed by atoms with Crippen LogP contribution in [0, 0.1) is 5.82 Å². The van der Waals surface area contributed by atoms with E-state index in [0.29, 0.717) is 0 Å². The molecule has 0 aliphatic carbocycles. The predicted molar refractivity (Wildman–Crippen MR) is 71.8 cm³/mol. The number of nitrogens with zero attached hydrogens (tertiary/aromatic N) is 2. The molecular formula is C13H11F4N3O3. The molecule has 0 saturated carbocycles. The summed E-state index contributed by atoms with van der Waals surface area (Å²) in [5.41, 5.74) is 1.27. The molecule has 0 radical (unpaired) electrons. The van der Waals surface area contributed by atoms with Crippen LogP contribution in [0.1, 0.15) is 28.5 Å². The third-order valence-corrected chi connectivity index (χ3v) is 3.21. The van der Waals surface area contributed by atoms with E-state index in [1.165, 1.54) is 6.92 Å². The Morgan fingerprint density at radius 3 is 2.39 bits per heavy atom. The number of aromatic carboxylic acids is 1. The number of hydrogen-bond acceptors (Lipinski definition) is 5. The number of alkyl halides is 3. The fourth-order valence-electron chi connectivity index (χ4n) is 2.24. The molecule has 0 saturated heterocycles. The summed E-state index contributed by atoms with van der Waals surface area (Å²) in [6, 6.07) is 0. The van der Waals surface area contributed by atoms with Crippen LogP contribution in [0.4, 0.5) is 23.2 Å². The zero-order valence-corrected chi connectivity index (χ0v) is 12.0. The van der Waals surface area contributed by atoms with Crippen LogP contribution in [0.15, 0.2) is 0 Å². The summed E-state index contributed by atoms with van der Waals surface area (Å²) < 4.78 is 58.0. The number of carboxylic acid groups (broad SMARTS) is 1. The third kappa shape index (κ3) is 2.60. The molecule has 0 fully saturated rings. The zero-order valence-electron chi connectivity index (χ0n) is 12.0. The molecule has 2 aromatic rings. The summed E-state index contributed by atoms with van der Waals surface area (Å²) in [5.74, 6) is -3.38. The number of rotatable bonds is 3. The Morgan fingerprint density at radius 1 is 1.35 bits per heavy atom. The van der Waals surface area contributed by atoms with Gasteiger partial charge in [-0.1, -0.05) is 6.92 Å². The van der Waals surface area contributed by atoms with Crippen LogP contribution < -0.4 is 10.5 Å². The fraction of sp³-hybridized carbons (Fsp3) is 0.308. The van der Waals surface area contributed by atoms with Gasteiger partial charge in [-0.25, -0.2) is 14.2 Å². The van der Waals surface area contributed by atoms with Crippen LogP contribution in [0.3, 0.4) is 0 Å². The molecule has 6 nitrogen and oxygen atoms in total. The highest BCUT2D eigenvalue weighted by molar-refractivity contribution is 6.05. The van der Waals surface area contributed by atoms with E-state index >= 15 is 0 Å². The quantitative estimate of drug-likeness (QED) is 0.838. The van der Waals surface area contributed by atoms with Crippen molar-refractivity contribution in [1.29, 1.82) is 0 Å². The molecule has 0 aromatic carbocycles. The number of pyridine rings is 2. The van der Waals surface area contributed by atoms with Gasteiger partial charge in [-0.3, -0.25) is 0 Å². The number of aryl methyl sites for hydroxylation is 1. The van der Waals surface area contributed by atoms with E-state index in [4.69, 9.17) is 10.8 Å². The number of aromatic nitrogens is 2. The second-order valence-corrected chi connectivity index (χ2v) is 4.52. The van der Waals surface area contributed by atoms with Gasteiger partial charge in [-0.05, 0) is 6.42 Å². The van der Waals surface area contributed by atoms with E-state index in [9.17, 15) is 22.4 Å². The standard InChI is InChI=1S/C13H11F4N3O3/c1-3-4-5-8(18)6(12(21)22)9(13(15,16)17)19-10(5)20-11(23-2)7(4)14/h3H2,1-2H3,(H,21,22)(H2,18,19,20). The minimum Gasteiger partial charge on any atom is -0.479 e. The lowest BCUT2D eigenvalue weighted by atomic mass is 10.0. The molecule has 124 valence electrons. The Balaban J connectivity index is 3.06. The van der Waals surface area contributed by atoms with Gasteiger partial charge in [0.25, 0.3) is 5.88 Å². The maximum atomic E-state index is 14.2. The van der Waals surface area contributed by atoms with Crippen molar-refractivity contribution in [3.05, 3.63) is 22.6 Å². The summed E-state index contributed by atoms with van der Waals surface area (Å²) in [5, 5.41) is 8.78. The number of methoxy groups -OCH3 is 1. The van der Waals surface area contributed by atoms with Crippen LogP contribution in [-0.2, 0) is 12.6 Å². The fourth-order valence-corrected chi connectivity index (χ4v) is 2.24.